The smallest absolute Gasteiger partial charge is 0.242 e. The van der Waals surface area contributed by atoms with Crippen LogP contribution in [0.4, 0.5) is 0 Å². The number of amides is 2. The molecule has 1 atom stereocenters. The van der Waals surface area contributed by atoms with E-state index < -0.39 is 11.0 Å². The van der Waals surface area contributed by atoms with Crippen LogP contribution in [0, 0.1) is 5.41 Å². The summed E-state index contributed by atoms with van der Waals surface area (Å²) in [5.41, 5.74) is -0.534. The van der Waals surface area contributed by atoms with Crippen molar-refractivity contribution in [1.29, 1.82) is 0 Å². The molecule has 5 nitrogen and oxygen atoms in total. The SMILES string of the molecule is CC(C)(C)C(=O)NCC(=O)N1CC[C@@](O)(Cc2cccc(Cl)c2)C1. The molecule has 24 heavy (non-hydrogen) atoms. The Balaban J connectivity index is 1.89. The molecule has 132 valence electrons. The first-order valence-electron chi connectivity index (χ1n) is 8.12. The van der Waals surface area contributed by atoms with Crippen molar-refractivity contribution in [3.8, 4) is 0 Å². The van der Waals surface area contributed by atoms with Crippen molar-refractivity contribution in [3.63, 3.8) is 0 Å². The van der Waals surface area contributed by atoms with Crippen LogP contribution in [0.25, 0.3) is 0 Å². The van der Waals surface area contributed by atoms with Gasteiger partial charge in [0.2, 0.25) is 11.8 Å². The fourth-order valence-electron chi connectivity index (χ4n) is 2.77. The molecule has 2 rings (SSSR count). The number of hydrogen-bond acceptors (Lipinski definition) is 3. The summed E-state index contributed by atoms with van der Waals surface area (Å²) in [6.45, 7) is 6.11. The molecule has 1 aromatic carbocycles. The van der Waals surface area contributed by atoms with Crippen LogP contribution in [-0.4, -0.2) is 47.1 Å². The molecule has 0 aliphatic carbocycles. The topological polar surface area (TPSA) is 69.6 Å². The molecule has 0 aromatic heterocycles. The van der Waals surface area contributed by atoms with Crippen LogP contribution in [0.1, 0.15) is 32.8 Å². The normalized spacial score (nSPS) is 21.0. The van der Waals surface area contributed by atoms with Gasteiger partial charge in [-0.2, -0.15) is 0 Å². The number of halogens is 1. The van der Waals surface area contributed by atoms with Gasteiger partial charge in [-0.25, -0.2) is 0 Å². The number of β-amino-alcohol motifs (C(OH)–C–C–N with tert-alkyl or cyclic N) is 1. The van der Waals surface area contributed by atoms with E-state index in [-0.39, 0.29) is 24.9 Å². The molecule has 2 N–H and O–H groups in total. The van der Waals surface area contributed by atoms with Gasteiger partial charge in [-0.15, -0.1) is 0 Å². The second-order valence-electron chi connectivity index (χ2n) is 7.53. The van der Waals surface area contributed by atoms with Crippen LogP contribution >= 0.6 is 11.6 Å². The number of carbonyl (C=O) groups is 2. The quantitative estimate of drug-likeness (QED) is 0.870. The minimum Gasteiger partial charge on any atom is -0.388 e. The average Bonchev–Trinajstić information content (AvgIpc) is 2.85. The molecule has 1 heterocycles. The van der Waals surface area contributed by atoms with Gasteiger partial charge < -0.3 is 15.3 Å². The highest BCUT2D eigenvalue weighted by atomic mass is 35.5. The summed E-state index contributed by atoms with van der Waals surface area (Å²) < 4.78 is 0. The van der Waals surface area contributed by atoms with Gasteiger partial charge in [0.25, 0.3) is 0 Å². The van der Waals surface area contributed by atoms with Crippen LogP contribution in [0.2, 0.25) is 5.02 Å². The molecule has 0 spiro atoms. The molecule has 6 heteroatoms. The summed E-state index contributed by atoms with van der Waals surface area (Å²) >= 11 is 5.98. The Morgan fingerprint density at radius 3 is 2.71 bits per heavy atom. The molecule has 1 aliphatic heterocycles. The highest BCUT2D eigenvalue weighted by Gasteiger charge is 2.38. The Morgan fingerprint density at radius 1 is 1.38 bits per heavy atom. The predicted octanol–water partition coefficient (Wildman–Crippen LogP) is 2.01. The summed E-state index contributed by atoms with van der Waals surface area (Å²) in [5.74, 6) is -0.334. The van der Waals surface area contributed by atoms with Crippen LogP contribution < -0.4 is 5.32 Å². The number of nitrogens with one attached hydrogen (secondary N) is 1. The maximum absolute atomic E-state index is 12.3. The number of hydrogen-bond donors (Lipinski definition) is 2. The van der Waals surface area contributed by atoms with Gasteiger partial charge in [-0.1, -0.05) is 44.5 Å². The van der Waals surface area contributed by atoms with Gasteiger partial charge in [-0.05, 0) is 24.1 Å². The Morgan fingerprint density at radius 2 is 2.08 bits per heavy atom. The van der Waals surface area contributed by atoms with Gasteiger partial charge in [0.15, 0.2) is 0 Å². The zero-order valence-electron chi connectivity index (χ0n) is 14.4. The van der Waals surface area contributed by atoms with E-state index in [1.165, 1.54) is 0 Å². The number of aliphatic hydroxyl groups is 1. The van der Waals surface area contributed by atoms with E-state index in [0.29, 0.717) is 24.4 Å². The summed E-state index contributed by atoms with van der Waals surface area (Å²) in [5, 5.41) is 14.0. The summed E-state index contributed by atoms with van der Waals surface area (Å²) in [6.07, 6.45) is 0.962. The third-order valence-electron chi connectivity index (χ3n) is 4.19. The standard InChI is InChI=1S/C18H25ClN2O3/c1-17(2,3)16(23)20-11-15(22)21-8-7-18(24,12-21)10-13-5-4-6-14(19)9-13/h4-6,9,24H,7-8,10-12H2,1-3H3,(H,20,23)/t18-/m1/s1. The average molecular weight is 353 g/mol. The third kappa shape index (κ3) is 4.95. The Bertz CT molecular complexity index is 627. The molecule has 1 aliphatic rings. The zero-order valence-corrected chi connectivity index (χ0v) is 15.2. The van der Waals surface area contributed by atoms with Crippen molar-refractivity contribution in [2.75, 3.05) is 19.6 Å². The second kappa shape index (κ2) is 7.11. The molecule has 1 aromatic rings. The third-order valence-corrected chi connectivity index (χ3v) is 4.42. The lowest BCUT2D eigenvalue weighted by Gasteiger charge is -2.24. The summed E-state index contributed by atoms with van der Waals surface area (Å²) in [7, 11) is 0. The maximum Gasteiger partial charge on any atom is 0.242 e. The minimum atomic E-state index is -0.950. The van der Waals surface area contributed by atoms with E-state index in [0.717, 1.165) is 5.56 Å². The Kier molecular flexibility index (Phi) is 5.56. The molecular formula is C18H25ClN2O3. The van der Waals surface area contributed by atoms with E-state index in [1.54, 1.807) is 31.7 Å². The molecule has 0 radical (unpaired) electrons. The second-order valence-corrected chi connectivity index (χ2v) is 7.97. The van der Waals surface area contributed by atoms with Crippen molar-refractivity contribution in [2.45, 2.75) is 39.2 Å². The predicted molar refractivity (Wildman–Crippen MR) is 93.8 cm³/mol. The molecule has 1 fully saturated rings. The van der Waals surface area contributed by atoms with Crippen LogP contribution in [0.15, 0.2) is 24.3 Å². The molecule has 2 amide bonds. The first kappa shape index (κ1) is 18.7. The Hall–Kier alpha value is -1.59. The molecule has 0 saturated carbocycles. The number of likely N-dealkylation sites (tertiary alicyclic amines) is 1. The van der Waals surface area contributed by atoms with E-state index in [4.69, 9.17) is 11.6 Å². The van der Waals surface area contributed by atoms with E-state index in [2.05, 4.69) is 5.32 Å². The molecule has 0 unspecified atom stereocenters. The van der Waals surface area contributed by atoms with Crippen LogP contribution in [0.3, 0.4) is 0 Å². The fourth-order valence-corrected chi connectivity index (χ4v) is 2.99. The largest absolute Gasteiger partial charge is 0.388 e. The monoisotopic (exact) mass is 352 g/mol. The number of carbonyl (C=O) groups excluding carboxylic acids is 2. The van der Waals surface area contributed by atoms with Crippen molar-refractivity contribution in [1.82, 2.24) is 10.2 Å². The Labute approximate surface area is 148 Å². The lowest BCUT2D eigenvalue weighted by atomic mass is 9.94. The number of benzene rings is 1. The number of rotatable bonds is 4. The van der Waals surface area contributed by atoms with Crippen molar-refractivity contribution in [2.24, 2.45) is 5.41 Å². The first-order chi connectivity index (χ1) is 11.1. The van der Waals surface area contributed by atoms with E-state index in [9.17, 15) is 14.7 Å². The molecule has 1 saturated heterocycles. The van der Waals surface area contributed by atoms with E-state index in [1.807, 2.05) is 18.2 Å². The van der Waals surface area contributed by atoms with Crippen molar-refractivity contribution >= 4 is 23.4 Å². The van der Waals surface area contributed by atoms with Gasteiger partial charge in [0.1, 0.15) is 0 Å². The van der Waals surface area contributed by atoms with Gasteiger partial charge in [0, 0.05) is 29.9 Å². The highest BCUT2D eigenvalue weighted by molar-refractivity contribution is 6.30. The lowest BCUT2D eigenvalue weighted by Crippen LogP contribution is -2.44. The molecular weight excluding hydrogens is 328 g/mol. The van der Waals surface area contributed by atoms with Crippen LogP contribution in [0.5, 0.6) is 0 Å². The minimum absolute atomic E-state index is 0.0383. The van der Waals surface area contributed by atoms with Crippen molar-refractivity contribution < 1.29 is 14.7 Å². The van der Waals surface area contributed by atoms with Gasteiger partial charge in [-0.3, -0.25) is 9.59 Å². The van der Waals surface area contributed by atoms with E-state index >= 15 is 0 Å². The summed E-state index contributed by atoms with van der Waals surface area (Å²) in [6, 6.07) is 7.38. The number of nitrogens with zero attached hydrogens (tertiary/aromatic N) is 1. The first-order valence-corrected chi connectivity index (χ1v) is 8.50. The van der Waals surface area contributed by atoms with Crippen molar-refractivity contribution in [3.05, 3.63) is 34.9 Å². The molecule has 0 bridgehead atoms. The summed E-state index contributed by atoms with van der Waals surface area (Å²) in [4.78, 5) is 25.7. The maximum atomic E-state index is 12.3. The lowest BCUT2D eigenvalue weighted by molar-refractivity contribution is -0.135. The van der Waals surface area contributed by atoms with Gasteiger partial charge >= 0.3 is 0 Å². The van der Waals surface area contributed by atoms with Crippen LogP contribution in [-0.2, 0) is 16.0 Å². The fraction of sp³-hybridized carbons (Fsp3) is 0.556. The van der Waals surface area contributed by atoms with Gasteiger partial charge in [0.05, 0.1) is 12.1 Å². The highest BCUT2D eigenvalue weighted by Crippen LogP contribution is 2.26. The zero-order chi connectivity index (χ0) is 18.0.